The van der Waals surface area contributed by atoms with Crippen LogP contribution < -0.4 is 5.73 Å². The third kappa shape index (κ3) is 3.78. The minimum atomic E-state index is 0.432. The Morgan fingerprint density at radius 3 is 2.30 bits per heavy atom. The molecule has 20 heavy (non-hydrogen) atoms. The van der Waals surface area contributed by atoms with Crippen LogP contribution in [0.5, 0.6) is 0 Å². The Balaban J connectivity index is 2.05. The summed E-state index contributed by atoms with van der Waals surface area (Å²) >= 11 is 1.80. The van der Waals surface area contributed by atoms with Crippen molar-refractivity contribution in [3.63, 3.8) is 0 Å². The van der Waals surface area contributed by atoms with E-state index in [0.29, 0.717) is 18.1 Å². The lowest BCUT2D eigenvalue weighted by Gasteiger charge is -2.39. The van der Waals surface area contributed by atoms with Gasteiger partial charge in [0.05, 0.1) is 0 Å². The van der Waals surface area contributed by atoms with Gasteiger partial charge in [-0.15, -0.1) is 11.8 Å². The van der Waals surface area contributed by atoms with Gasteiger partial charge in [-0.05, 0) is 63.1 Å². The van der Waals surface area contributed by atoms with Gasteiger partial charge in [-0.2, -0.15) is 0 Å². The van der Waals surface area contributed by atoms with Crippen LogP contribution in [0.4, 0.5) is 0 Å². The molecule has 2 N–H and O–H groups in total. The van der Waals surface area contributed by atoms with E-state index in [1.54, 1.807) is 11.8 Å². The van der Waals surface area contributed by atoms with E-state index in [-0.39, 0.29) is 0 Å². The molecular weight excluding hydrogens is 264 g/mol. The van der Waals surface area contributed by atoms with Gasteiger partial charge >= 0.3 is 0 Å². The van der Waals surface area contributed by atoms with Gasteiger partial charge in [0.1, 0.15) is 0 Å². The van der Waals surface area contributed by atoms with E-state index in [4.69, 9.17) is 5.73 Å². The van der Waals surface area contributed by atoms with Crippen LogP contribution in [0, 0.1) is 0 Å². The molecule has 0 bridgehead atoms. The van der Waals surface area contributed by atoms with Gasteiger partial charge in [0.2, 0.25) is 0 Å². The Bertz CT molecular complexity index is 396. The first kappa shape index (κ1) is 15.9. The van der Waals surface area contributed by atoms with E-state index in [1.165, 1.54) is 36.1 Å². The molecule has 0 saturated heterocycles. The summed E-state index contributed by atoms with van der Waals surface area (Å²) in [5, 5.41) is 0. The lowest BCUT2D eigenvalue weighted by atomic mass is 9.89. The van der Waals surface area contributed by atoms with Gasteiger partial charge in [0, 0.05) is 23.0 Å². The van der Waals surface area contributed by atoms with E-state index in [1.807, 2.05) is 0 Å². The zero-order valence-electron chi connectivity index (χ0n) is 13.0. The van der Waals surface area contributed by atoms with Gasteiger partial charge in [-0.3, -0.25) is 4.90 Å². The predicted molar refractivity (Wildman–Crippen MR) is 89.2 cm³/mol. The van der Waals surface area contributed by atoms with Crippen molar-refractivity contribution in [2.24, 2.45) is 5.73 Å². The maximum absolute atomic E-state index is 6.04. The number of hydrogen-bond acceptors (Lipinski definition) is 3. The van der Waals surface area contributed by atoms with Gasteiger partial charge in [0.25, 0.3) is 0 Å². The molecule has 0 spiro atoms. The number of rotatable bonds is 5. The zero-order valence-corrected chi connectivity index (χ0v) is 13.8. The van der Waals surface area contributed by atoms with Crippen molar-refractivity contribution in [3.8, 4) is 0 Å². The molecule has 0 aromatic heterocycles. The molecule has 0 aliphatic heterocycles. The number of nitrogens with two attached hydrogens (primary N) is 1. The maximum Gasteiger partial charge on any atom is 0.0322 e. The lowest BCUT2D eigenvalue weighted by molar-refractivity contribution is 0.114. The fraction of sp³-hybridized carbons (Fsp3) is 0.647. The molecular formula is C17H28N2S. The fourth-order valence-corrected chi connectivity index (χ4v) is 3.76. The summed E-state index contributed by atoms with van der Waals surface area (Å²) in [6.07, 6.45) is 6.99. The van der Waals surface area contributed by atoms with Gasteiger partial charge in [-0.1, -0.05) is 19.1 Å². The molecule has 1 saturated carbocycles. The monoisotopic (exact) mass is 292 g/mol. The highest BCUT2D eigenvalue weighted by atomic mass is 32.2. The maximum atomic E-state index is 6.04. The molecule has 0 amide bonds. The normalized spacial score (nSPS) is 24.9. The first-order valence-corrected chi connectivity index (χ1v) is 9.03. The summed E-state index contributed by atoms with van der Waals surface area (Å²) in [6.45, 7) is 5.73. The second kappa shape index (κ2) is 7.48. The van der Waals surface area contributed by atoms with Crippen LogP contribution in [0.2, 0.25) is 0 Å². The summed E-state index contributed by atoms with van der Waals surface area (Å²) in [5.74, 6) is 0. The van der Waals surface area contributed by atoms with Crippen LogP contribution in [0.25, 0.3) is 0 Å². The molecule has 1 unspecified atom stereocenters. The van der Waals surface area contributed by atoms with Crippen LogP contribution >= 0.6 is 11.8 Å². The SMILES string of the molecule is CCN(C1CCC(N)CC1)C(C)c1ccc(SC)cc1. The average Bonchev–Trinajstić information content (AvgIpc) is 2.50. The van der Waals surface area contributed by atoms with Crippen LogP contribution in [-0.4, -0.2) is 29.8 Å². The second-order valence-corrected chi connectivity index (χ2v) is 6.73. The topological polar surface area (TPSA) is 29.3 Å². The van der Waals surface area contributed by atoms with E-state index < -0.39 is 0 Å². The Labute approximate surface area is 128 Å². The standard InChI is InChI=1S/C17H28N2S/c1-4-19(16-9-7-15(18)8-10-16)13(2)14-5-11-17(20-3)12-6-14/h5-6,11-13,15-16H,4,7-10,18H2,1-3H3. The highest BCUT2D eigenvalue weighted by Crippen LogP contribution is 2.30. The largest absolute Gasteiger partial charge is 0.328 e. The van der Waals surface area contributed by atoms with Crippen molar-refractivity contribution in [1.82, 2.24) is 4.90 Å². The van der Waals surface area contributed by atoms with Crippen LogP contribution in [0.1, 0.15) is 51.1 Å². The summed E-state index contributed by atoms with van der Waals surface area (Å²) < 4.78 is 0. The molecule has 1 aromatic carbocycles. The minimum absolute atomic E-state index is 0.432. The van der Waals surface area contributed by atoms with Crippen molar-refractivity contribution in [2.75, 3.05) is 12.8 Å². The third-order valence-corrected chi connectivity index (χ3v) is 5.41. The van der Waals surface area contributed by atoms with E-state index in [2.05, 4.69) is 49.3 Å². The number of hydrogen-bond donors (Lipinski definition) is 1. The van der Waals surface area contributed by atoms with Crippen LogP contribution in [0.15, 0.2) is 29.2 Å². The number of benzene rings is 1. The molecule has 2 rings (SSSR count). The highest BCUT2D eigenvalue weighted by molar-refractivity contribution is 7.98. The molecule has 0 heterocycles. The van der Waals surface area contributed by atoms with Crippen molar-refractivity contribution >= 4 is 11.8 Å². The van der Waals surface area contributed by atoms with Crippen molar-refractivity contribution < 1.29 is 0 Å². The van der Waals surface area contributed by atoms with Gasteiger partial charge in [0.15, 0.2) is 0 Å². The molecule has 1 fully saturated rings. The van der Waals surface area contributed by atoms with Gasteiger partial charge < -0.3 is 5.73 Å². The third-order valence-electron chi connectivity index (χ3n) is 4.67. The molecule has 1 aliphatic carbocycles. The van der Waals surface area contributed by atoms with Crippen molar-refractivity contribution in [2.45, 2.75) is 62.6 Å². The van der Waals surface area contributed by atoms with Crippen LogP contribution in [-0.2, 0) is 0 Å². The first-order chi connectivity index (χ1) is 9.65. The van der Waals surface area contributed by atoms with E-state index in [0.717, 1.165) is 6.54 Å². The average molecular weight is 292 g/mol. The molecule has 1 atom stereocenters. The quantitative estimate of drug-likeness (QED) is 0.830. The number of thioether (sulfide) groups is 1. The summed E-state index contributed by atoms with van der Waals surface area (Å²) in [6, 6.07) is 10.7. The van der Waals surface area contributed by atoms with E-state index >= 15 is 0 Å². The molecule has 112 valence electrons. The fourth-order valence-electron chi connectivity index (χ4n) is 3.36. The molecule has 2 nitrogen and oxygen atoms in total. The zero-order chi connectivity index (χ0) is 14.5. The second-order valence-electron chi connectivity index (χ2n) is 5.85. The van der Waals surface area contributed by atoms with Gasteiger partial charge in [-0.25, -0.2) is 0 Å². The van der Waals surface area contributed by atoms with Crippen LogP contribution in [0.3, 0.4) is 0 Å². The summed E-state index contributed by atoms with van der Waals surface area (Å²) in [5.41, 5.74) is 7.47. The Morgan fingerprint density at radius 1 is 1.20 bits per heavy atom. The van der Waals surface area contributed by atoms with Crippen molar-refractivity contribution in [3.05, 3.63) is 29.8 Å². The Kier molecular flexibility index (Phi) is 5.94. The molecule has 1 aliphatic rings. The van der Waals surface area contributed by atoms with E-state index in [9.17, 15) is 0 Å². The smallest absolute Gasteiger partial charge is 0.0322 e. The molecule has 0 radical (unpaired) electrons. The summed E-state index contributed by atoms with van der Waals surface area (Å²) in [7, 11) is 0. The highest BCUT2D eigenvalue weighted by Gasteiger charge is 2.26. The molecule has 1 aromatic rings. The molecule has 3 heteroatoms. The van der Waals surface area contributed by atoms with Crippen molar-refractivity contribution in [1.29, 1.82) is 0 Å². The predicted octanol–water partition coefficient (Wildman–Crippen LogP) is 4.06. The lowest BCUT2D eigenvalue weighted by Crippen LogP contribution is -2.42. The Morgan fingerprint density at radius 2 is 1.80 bits per heavy atom. The Hall–Kier alpha value is -0.510. The number of nitrogens with zero attached hydrogens (tertiary/aromatic N) is 1. The minimum Gasteiger partial charge on any atom is -0.328 e. The summed E-state index contributed by atoms with van der Waals surface area (Å²) in [4.78, 5) is 3.99. The first-order valence-electron chi connectivity index (χ1n) is 7.81.